The Balaban J connectivity index is 2.28. The summed E-state index contributed by atoms with van der Waals surface area (Å²) in [6.45, 7) is 1.94. The molecule has 20 heavy (non-hydrogen) atoms. The molecule has 0 aliphatic rings. The Labute approximate surface area is 122 Å². The van der Waals surface area contributed by atoms with Gasteiger partial charge >= 0.3 is 0 Å². The highest BCUT2D eigenvalue weighted by Crippen LogP contribution is 2.22. The van der Waals surface area contributed by atoms with Crippen LogP contribution in [0.15, 0.2) is 34.5 Å². The maximum absolute atomic E-state index is 11.6. The molecule has 0 spiro atoms. The molecule has 1 aromatic carbocycles. The Morgan fingerprint density at radius 3 is 2.75 bits per heavy atom. The smallest absolute Gasteiger partial charge is 0.175 e. The Bertz CT molecular complexity index is 695. The molecule has 0 amide bonds. The van der Waals surface area contributed by atoms with Crippen LogP contribution in [0.4, 0.5) is 0 Å². The first kappa shape index (κ1) is 15.1. The van der Waals surface area contributed by atoms with Gasteiger partial charge in [-0.3, -0.25) is 11.3 Å². The van der Waals surface area contributed by atoms with E-state index in [2.05, 4.69) is 10.4 Å². The highest BCUT2D eigenvalue weighted by molar-refractivity contribution is 7.90. The first-order chi connectivity index (χ1) is 9.40. The monoisotopic (exact) mass is 311 g/mol. The zero-order valence-corrected chi connectivity index (χ0v) is 13.0. The molecule has 5 nitrogen and oxygen atoms in total. The Morgan fingerprint density at radius 1 is 1.45 bits per heavy atom. The van der Waals surface area contributed by atoms with Gasteiger partial charge in [-0.05, 0) is 24.6 Å². The molecule has 0 saturated carbocycles. The van der Waals surface area contributed by atoms with E-state index in [1.165, 1.54) is 6.26 Å². The minimum atomic E-state index is -3.22. The van der Waals surface area contributed by atoms with Crippen LogP contribution in [0.25, 0.3) is 0 Å². The molecule has 1 atom stereocenters. The van der Waals surface area contributed by atoms with Crippen LogP contribution < -0.4 is 11.3 Å². The maximum Gasteiger partial charge on any atom is 0.175 e. The molecule has 3 N–H and O–H groups in total. The van der Waals surface area contributed by atoms with Crippen LogP contribution in [0.1, 0.15) is 22.3 Å². The molecule has 108 valence electrons. The van der Waals surface area contributed by atoms with Gasteiger partial charge < -0.3 is 0 Å². The van der Waals surface area contributed by atoms with Gasteiger partial charge in [-0.25, -0.2) is 13.4 Å². The third kappa shape index (κ3) is 3.63. The first-order valence-corrected chi connectivity index (χ1v) is 8.84. The van der Waals surface area contributed by atoms with Crippen molar-refractivity contribution >= 4 is 21.2 Å². The average Bonchev–Trinajstić information content (AvgIpc) is 2.81. The Kier molecular flexibility index (Phi) is 4.54. The number of aromatic nitrogens is 1. The number of benzene rings is 1. The van der Waals surface area contributed by atoms with Gasteiger partial charge in [-0.15, -0.1) is 11.3 Å². The van der Waals surface area contributed by atoms with Crippen LogP contribution in [-0.2, 0) is 16.3 Å². The van der Waals surface area contributed by atoms with Crippen molar-refractivity contribution in [1.29, 1.82) is 0 Å². The van der Waals surface area contributed by atoms with E-state index in [0.29, 0.717) is 11.3 Å². The Hall–Kier alpha value is -1.28. The highest BCUT2D eigenvalue weighted by atomic mass is 32.2. The summed E-state index contributed by atoms with van der Waals surface area (Å²) in [7, 11) is -3.22. The molecule has 0 radical (unpaired) electrons. The summed E-state index contributed by atoms with van der Waals surface area (Å²) >= 11 is 1.57. The summed E-state index contributed by atoms with van der Waals surface area (Å²) in [6, 6.07) is 6.66. The van der Waals surface area contributed by atoms with E-state index in [1.54, 1.807) is 29.5 Å². The molecule has 1 unspecified atom stereocenters. The van der Waals surface area contributed by atoms with Crippen LogP contribution in [0, 0.1) is 6.92 Å². The summed E-state index contributed by atoms with van der Waals surface area (Å²) in [5.41, 5.74) is 4.54. The number of nitrogens with zero attached hydrogens (tertiary/aromatic N) is 1. The molecule has 0 bridgehead atoms. The van der Waals surface area contributed by atoms with E-state index in [4.69, 9.17) is 5.84 Å². The SMILES string of the molecule is Cc1csc(CC(NN)c2cccc(S(C)(=O)=O)c2)n1. The molecular weight excluding hydrogens is 294 g/mol. The van der Waals surface area contributed by atoms with Gasteiger partial charge in [-0.1, -0.05) is 12.1 Å². The quantitative estimate of drug-likeness (QED) is 0.647. The van der Waals surface area contributed by atoms with Crippen molar-refractivity contribution in [1.82, 2.24) is 10.4 Å². The van der Waals surface area contributed by atoms with Gasteiger partial charge in [0.05, 0.1) is 15.9 Å². The topological polar surface area (TPSA) is 85.1 Å². The van der Waals surface area contributed by atoms with E-state index in [9.17, 15) is 8.42 Å². The molecule has 0 saturated heterocycles. The second-order valence-corrected chi connectivity index (χ2v) is 7.61. The fourth-order valence-corrected chi connectivity index (χ4v) is 3.40. The lowest BCUT2D eigenvalue weighted by molar-refractivity contribution is 0.548. The predicted molar refractivity (Wildman–Crippen MR) is 80.2 cm³/mol. The van der Waals surface area contributed by atoms with E-state index in [-0.39, 0.29) is 6.04 Å². The molecule has 0 fully saturated rings. The standard InChI is InChI=1S/C13H17N3O2S2/c1-9-8-19-13(15-9)7-12(16-14)10-4-3-5-11(6-10)20(2,17)18/h3-6,8,12,16H,7,14H2,1-2H3. The molecule has 1 heterocycles. The van der Waals surface area contributed by atoms with Crippen LogP contribution >= 0.6 is 11.3 Å². The summed E-state index contributed by atoms with van der Waals surface area (Å²) in [5.74, 6) is 5.60. The molecule has 0 aliphatic heterocycles. The molecular formula is C13H17N3O2S2. The Morgan fingerprint density at radius 2 is 2.20 bits per heavy atom. The van der Waals surface area contributed by atoms with Gasteiger partial charge in [-0.2, -0.15) is 0 Å². The number of nitrogens with one attached hydrogen (secondary N) is 1. The minimum Gasteiger partial charge on any atom is -0.271 e. The number of nitrogens with two attached hydrogens (primary N) is 1. The van der Waals surface area contributed by atoms with Crippen molar-refractivity contribution < 1.29 is 8.42 Å². The minimum absolute atomic E-state index is 0.165. The average molecular weight is 311 g/mol. The van der Waals surface area contributed by atoms with Crippen molar-refractivity contribution in [3.05, 3.63) is 45.9 Å². The lowest BCUT2D eigenvalue weighted by Crippen LogP contribution is -2.29. The largest absolute Gasteiger partial charge is 0.271 e. The van der Waals surface area contributed by atoms with E-state index in [0.717, 1.165) is 16.3 Å². The zero-order chi connectivity index (χ0) is 14.8. The van der Waals surface area contributed by atoms with Crippen LogP contribution in [0.2, 0.25) is 0 Å². The molecule has 2 aromatic rings. The fraction of sp³-hybridized carbons (Fsp3) is 0.308. The third-order valence-electron chi connectivity index (χ3n) is 2.94. The van der Waals surface area contributed by atoms with Crippen LogP contribution in [-0.4, -0.2) is 19.7 Å². The third-order valence-corrected chi connectivity index (χ3v) is 5.03. The van der Waals surface area contributed by atoms with Crippen molar-refractivity contribution in [3.8, 4) is 0 Å². The molecule has 0 aliphatic carbocycles. The molecule has 7 heteroatoms. The van der Waals surface area contributed by atoms with Crippen molar-refractivity contribution in [2.45, 2.75) is 24.3 Å². The molecule has 2 rings (SSSR count). The van der Waals surface area contributed by atoms with Gasteiger partial charge in [0.15, 0.2) is 9.84 Å². The van der Waals surface area contributed by atoms with Gasteiger partial charge in [0.2, 0.25) is 0 Å². The van der Waals surface area contributed by atoms with E-state index >= 15 is 0 Å². The number of rotatable bonds is 5. The number of aryl methyl sites for hydroxylation is 1. The second-order valence-electron chi connectivity index (χ2n) is 4.65. The summed E-state index contributed by atoms with van der Waals surface area (Å²) < 4.78 is 23.2. The fourth-order valence-electron chi connectivity index (χ4n) is 1.91. The van der Waals surface area contributed by atoms with E-state index in [1.807, 2.05) is 18.4 Å². The summed E-state index contributed by atoms with van der Waals surface area (Å²) in [5, 5.41) is 2.95. The van der Waals surface area contributed by atoms with Crippen molar-refractivity contribution in [3.63, 3.8) is 0 Å². The lowest BCUT2D eigenvalue weighted by atomic mass is 10.1. The van der Waals surface area contributed by atoms with E-state index < -0.39 is 9.84 Å². The number of hydrogen-bond acceptors (Lipinski definition) is 6. The molecule has 1 aromatic heterocycles. The highest BCUT2D eigenvalue weighted by Gasteiger charge is 2.15. The predicted octanol–water partition coefficient (Wildman–Crippen LogP) is 1.60. The summed E-state index contributed by atoms with van der Waals surface area (Å²) in [6.07, 6.45) is 1.82. The lowest BCUT2D eigenvalue weighted by Gasteiger charge is -2.15. The van der Waals surface area contributed by atoms with Crippen LogP contribution in [0.3, 0.4) is 0 Å². The van der Waals surface area contributed by atoms with Crippen molar-refractivity contribution in [2.75, 3.05) is 6.26 Å². The first-order valence-electron chi connectivity index (χ1n) is 6.07. The number of sulfone groups is 1. The van der Waals surface area contributed by atoms with Gasteiger partial charge in [0.1, 0.15) is 0 Å². The summed E-state index contributed by atoms with van der Waals surface area (Å²) in [4.78, 5) is 4.70. The maximum atomic E-state index is 11.6. The van der Waals surface area contributed by atoms with Gasteiger partial charge in [0, 0.05) is 23.8 Å². The number of hydrazine groups is 1. The normalized spacial score (nSPS) is 13.3. The zero-order valence-electron chi connectivity index (χ0n) is 11.3. The van der Waals surface area contributed by atoms with Crippen LogP contribution in [0.5, 0.6) is 0 Å². The van der Waals surface area contributed by atoms with Crippen molar-refractivity contribution in [2.24, 2.45) is 5.84 Å². The number of hydrogen-bond donors (Lipinski definition) is 2. The second kappa shape index (κ2) is 6.01. The van der Waals surface area contributed by atoms with Gasteiger partial charge in [0.25, 0.3) is 0 Å². The number of thiazole rings is 1.